The fourth-order valence-corrected chi connectivity index (χ4v) is 1.43. The number of halogens is 1. The Bertz CT molecular complexity index is 273. The molecule has 1 heterocycles. The molecule has 0 aliphatic rings. The van der Waals surface area contributed by atoms with Crippen LogP contribution in [0.4, 0.5) is 4.39 Å². The molecule has 0 aliphatic carbocycles. The molecule has 2 nitrogen and oxygen atoms in total. The molecular formula is C11H19FN2. The molecule has 0 spiro atoms. The van der Waals surface area contributed by atoms with Crippen molar-refractivity contribution in [2.24, 2.45) is 5.73 Å². The van der Waals surface area contributed by atoms with Gasteiger partial charge in [-0.05, 0) is 45.4 Å². The topological polar surface area (TPSA) is 30.9 Å². The van der Waals surface area contributed by atoms with Gasteiger partial charge < -0.3 is 10.3 Å². The van der Waals surface area contributed by atoms with Gasteiger partial charge in [-0.25, -0.2) is 4.39 Å². The van der Waals surface area contributed by atoms with Crippen LogP contribution in [0.5, 0.6) is 0 Å². The largest absolute Gasteiger partial charge is 0.351 e. The third kappa shape index (κ3) is 3.50. The molecule has 0 fully saturated rings. The highest BCUT2D eigenvalue weighted by Crippen LogP contribution is 2.16. The Morgan fingerprint density at radius 1 is 1.50 bits per heavy atom. The van der Waals surface area contributed by atoms with E-state index in [-0.39, 0.29) is 0 Å². The van der Waals surface area contributed by atoms with Crippen molar-refractivity contribution in [3.63, 3.8) is 0 Å². The number of hydrogen-bond donors (Lipinski definition) is 1. The third-order valence-electron chi connectivity index (χ3n) is 2.27. The van der Waals surface area contributed by atoms with Crippen molar-refractivity contribution in [2.75, 3.05) is 6.54 Å². The molecule has 0 aromatic carbocycles. The highest BCUT2D eigenvalue weighted by atomic mass is 19.1. The molecule has 0 aliphatic heterocycles. The molecule has 0 atom stereocenters. The Morgan fingerprint density at radius 2 is 2.21 bits per heavy atom. The van der Waals surface area contributed by atoms with Crippen molar-refractivity contribution in [1.82, 2.24) is 4.57 Å². The summed E-state index contributed by atoms with van der Waals surface area (Å²) in [5, 5.41) is 0. The van der Waals surface area contributed by atoms with Crippen LogP contribution in [-0.4, -0.2) is 16.8 Å². The summed E-state index contributed by atoms with van der Waals surface area (Å²) in [6.45, 7) is 4.59. The Kier molecular flexibility index (Phi) is 3.69. The SMILES string of the molecule is CC(C)(F)CCn1cccc1CCN. The zero-order valence-corrected chi connectivity index (χ0v) is 8.96. The van der Waals surface area contributed by atoms with E-state index in [0.717, 1.165) is 13.0 Å². The second kappa shape index (κ2) is 4.60. The van der Waals surface area contributed by atoms with Crippen molar-refractivity contribution in [3.8, 4) is 0 Å². The third-order valence-corrected chi connectivity index (χ3v) is 2.27. The van der Waals surface area contributed by atoms with Crippen molar-refractivity contribution >= 4 is 0 Å². The van der Waals surface area contributed by atoms with Crippen LogP contribution in [0.2, 0.25) is 0 Å². The summed E-state index contributed by atoms with van der Waals surface area (Å²) in [4.78, 5) is 0. The maximum Gasteiger partial charge on any atom is 0.107 e. The van der Waals surface area contributed by atoms with Crippen LogP contribution in [0.1, 0.15) is 26.0 Å². The number of nitrogens with two attached hydrogens (primary N) is 1. The van der Waals surface area contributed by atoms with Crippen LogP contribution in [0, 0.1) is 0 Å². The fourth-order valence-electron chi connectivity index (χ4n) is 1.43. The first-order chi connectivity index (χ1) is 6.53. The lowest BCUT2D eigenvalue weighted by molar-refractivity contribution is 0.192. The molecule has 1 aromatic rings. The van der Waals surface area contributed by atoms with Gasteiger partial charge in [0.25, 0.3) is 0 Å². The van der Waals surface area contributed by atoms with Crippen LogP contribution >= 0.6 is 0 Å². The number of rotatable bonds is 5. The number of aromatic nitrogens is 1. The van der Waals surface area contributed by atoms with Gasteiger partial charge in [-0.3, -0.25) is 0 Å². The van der Waals surface area contributed by atoms with Crippen molar-refractivity contribution in [1.29, 1.82) is 0 Å². The van der Waals surface area contributed by atoms with E-state index in [0.29, 0.717) is 13.0 Å². The predicted octanol–water partition coefficient (Wildman–Crippen LogP) is 2.13. The van der Waals surface area contributed by atoms with E-state index in [1.165, 1.54) is 5.69 Å². The van der Waals surface area contributed by atoms with Gasteiger partial charge in [0.15, 0.2) is 0 Å². The molecular weight excluding hydrogens is 179 g/mol. The van der Waals surface area contributed by atoms with Gasteiger partial charge in [0.2, 0.25) is 0 Å². The highest BCUT2D eigenvalue weighted by molar-refractivity contribution is 5.07. The lowest BCUT2D eigenvalue weighted by atomic mass is 10.1. The summed E-state index contributed by atoms with van der Waals surface area (Å²) in [6, 6.07) is 4.02. The number of aryl methyl sites for hydroxylation is 1. The lowest BCUT2D eigenvalue weighted by Gasteiger charge is -2.15. The van der Waals surface area contributed by atoms with E-state index < -0.39 is 5.67 Å². The molecule has 2 N–H and O–H groups in total. The minimum Gasteiger partial charge on any atom is -0.351 e. The van der Waals surface area contributed by atoms with E-state index >= 15 is 0 Å². The summed E-state index contributed by atoms with van der Waals surface area (Å²) >= 11 is 0. The Morgan fingerprint density at radius 3 is 2.79 bits per heavy atom. The molecule has 1 aromatic heterocycles. The Labute approximate surface area is 84.9 Å². The van der Waals surface area contributed by atoms with Crippen molar-refractivity contribution < 1.29 is 4.39 Å². The first-order valence-corrected chi connectivity index (χ1v) is 5.06. The van der Waals surface area contributed by atoms with Gasteiger partial charge in [0, 0.05) is 18.4 Å². The molecule has 0 unspecified atom stereocenters. The summed E-state index contributed by atoms with van der Waals surface area (Å²) in [7, 11) is 0. The van der Waals surface area contributed by atoms with Crippen LogP contribution < -0.4 is 5.73 Å². The van der Waals surface area contributed by atoms with Crippen molar-refractivity contribution in [2.45, 2.75) is 38.9 Å². The molecule has 0 saturated heterocycles. The minimum absolute atomic E-state index is 0.541. The second-order valence-electron chi connectivity index (χ2n) is 4.20. The normalized spacial score (nSPS) is 12.0. The minimum atomic E-state index is -1.09. The average Bonchev–Trinajstić information content (AvgIpc) is 2.48. The zero-order valence-electron chi connectivity index (χ0n) is 8.96. The van der Waals surface area contributed by atoms with Gasteiger partial charge in [0.1, 0.15) is 5.67 Å². The molecule has 0 bridgehead atoms. The lowest BCUT2D eigenvalue weighted by Crippen LogP contribution is -2.17. The summed E-state index contributed by atoms with van der Waals surface area (Å²) in [5.74, 6) is 0. The van der Waals surface area contributed by atoms with Crippen LogP contribution in [0.3, 0.4) is 0 Å². The molecule has 0 saturated carbocycles. The van der Waals surface area contributed by atoms with Gasteiger partial charge in [-0.2, -0.15) is 0 Å². The average molecular weight is 198 g/mol. The van der Waals surface area contributed by atoms with Gasteiger partial charge in [0.05, 0.1) is 0 Å². The molecule has 3 heteroatoms. The fraction of sp³-hybridized carbons (Fsp3) is 0.636. The van der Waals surface area contributed by atoms with Gasteiger partial charge >= 0.3 is 0 Å². The molecule has 1 rings (SSSR count). The Hall–Kier alpha value is -0.830. The molecule has 0 amide bonds. The van der Waals surface area contributed by atoms with E-state index in [2.05, 4.69) is 4.57 Å². The van der Waals surface area contributed by atoms with Gasteiger partial charge in [-0.15, -0.1) is 0 Å². The predicted molar refractivity (Wildman–Crippen MR) is 57.0 cm³/mol. The van der Waals surface area contributed by atoms with Gasteiger partial charge in [-0.1, -0.05) is 0 Å². The molecule has 14 heavy (non-hydrogen) atoms. The van der Waals surface area contributed by atoms with Crippen LogP contribution in [0.15, 0.2) is 18.3 Å². The Balaban J connectivity index is 2.53. The standard InChI is InChI=1S/C11H19FN2/c1-11(2,12)6-9-14-8-3-4-10(14)5-7-13/h3-4,8H,5-7,9,13H2,1-2H3. The molecule has 80 valence electrons. The zero-order chi connectivity index (χ0) is 10.6. The first-order valence-electron chi connectivity index (χ1n) is 5.06. The first kappa shape index (κ1) is 11.2. The van der Waals surface area contributed by atoms with Crippen molar-refractivity contribution in [3.05, 3.63) is 24.0 Å². The van der Waals surface area contributed by atoms with E-state index in [1.807, 2.05) is 18.3 Å². The second-order valence-corrected chi connectivity index (χ2v) is 4.20. The van der Waals surface area contributed by atoms with E-state index in [4.69, 9.17) is 5.73 Å². The smallest absolute Gasteiger partial charge is 0.107 e. The molecule has 0 radical (unpaired) electrons. The quantitative estimate of drug-likeness (QED) is 0.772. The van der Waals surface area contributed by atoms with E-state index in [9.17, 15) is 4.39 Å². The highest BCUT2D eigenvalue weighted by Gasteiger charge is 2.15. The maximum absolute atomic E-state index is 13.3. The number of alkyl halides is 1. The van der Waals surface area contributed by atoms with E-state index in [1.54, 1.807) is 13.8 Å². The maximum atomic E-state index is 13.3. The summed E-state index contributed by atoms with van der Waals surface area (Å²) < 4.78 is 15.3. The van der Waals surface area contributed by atoms with Crippen LogP contribution in [0.25, 0.3) is 0 Å². The monoisotopic (exact) mass is 198 g/mol. The summed E-state index contributed by atoms with van der Waals surface area (Å²) in [6.07, 6.45) is 3.38. The summed E-state index contributed by atoms with van der Waals surface area (Å²) in [5.41, 5.74) is 5.58. The number of hydrogen-bond acceptors (Lipinski definition) is 1. The number of nitrogens with zero attached hydrogens (tertiary/aromatic N) is 1. The van der Waals surface area contributed by atoms with Crippen LogP contribution in [-0.2, 0) is 13.0 Å².